The number of benzene rings is 1. The van der Waals surface area contributed by atoms with E-state index in [4.69, 9.17) is 0 Å². The first-order chi connectivity index (χ1) is 10.2. The van der Waals surface area contributed by atoms with Gasteiger partial charge in [-0.05, 0) is 50.1 Å². The number of likely N-dealkylation sites (N-methyl/N-ethyl adjacent to an activating group) is 1. The molecule has 2 heterocycles. The number of nitrogens with zero attached hydrogens (tertiary/aromatic N) is 2. The second-order valence-corrected chi connectivity index (χ2v) is 6.82. The Morgan fingerprint density at radius 1 is 1.43 bits per heavy atom. The molecule has 1 aromatic carbocycles. The molecule has 4 heteroatoms. The highest BCUT2D eigenvalue weighted by atomic mass is 32.1. The summed E-state index contributed by atoms with van der Waals surface area (Å²) in [5.41, 5.74) is 4.07. The Bertz CT molecular complexity index is 620. The van der Waals surface area contributed by atoms with Gasteiger partial charge in [0.15, 0.2) is 0 Å². The third-order valence-electron chi connectivity index (χ3n) is 4.11. The van der Waals surface area contributed by atoms with E-state index in [0.717, 1.165) is 30.9 Å². The number of nitrogens with one attached hydrogen (secondary N) is 1. The molecule has 0 saturated carbocycles. The summed E-state index contributed by atoms with van der Waals surface area (Å²) in [6, 6.07) is 7.13. The van der Waals surface area contributed by atoms with Gasteiger partial charge in [-0.2, -0.15) is 0 Å². The van der Waals surface area contributed by atoms with E-state index >= 15 is 0 Å². The topological polar surface area (TPSA) is 28.2 Å². The number of hydrogen-bond donors (Lipinski definition) is 1. The minimum atomic E-state index is 0.386. The summed E-state index contributed by atoms with van der Waals surface area (Å²) in [5, 5.41) is 4.66. The maximum Gasteiger partial charge on any atom is 0.123 e. The van der Waals surface area contributed by atoms with Crippen molar-refractivity contribution in [1.82, 2.24) is 10.3 Å². The fraction of sp³-hybridized carbons (Fsp3) is 0.471. The van der Waals surface area contributed by atoms with Gasteiger partial charge in [-0.3, -0.25) is 0 Å². The smallest absolute Gasteiger partial charge is 0.123 e. The molecular weight excluding hydrogens is 278 g/mol. The molecule has 1 aromatic heterocycles. The second kappa shape index (κ2) is 6.16. The van der Waals surface area contributed by atoms with E-state index in [9.17, 15) is 0 Å². The minimum Gasteiger partial charge on any atom is -0.374 e. The van der Waals surface area contributed by atoms with Crippen molar-refractivity contribution >= 4 is 17.0 Å². The molecule has 0 aliphatic carbocycles. The van der Waals surface area contributed by atoms with Crippen LogP contribution in [-0.2, 0) is 6.42 Å². The lowest BCUT2D eigenvalue weighted by molar-refractivity contribution is 0.577. The highest BCUT2D eigenvalue weighted by Crippen LogP contribution is 2.34. The highest BCUT2D eigenvalue weighted by Gasteiger charge is 2.17. The quantitative estimate of drug-likeness (QED) is 0.909. The zero-order valence-corrected chi connectivity index (χ0v) is 13.8. The van der Waals surface area contributed by atoms with Crippen molar-refractivity contribution in [3.8, 4) is 10.6 Å². The lowest BCUT2D eigenvalue weighted by atomic mass is 10.1. The minimum absolute atomic E-state index is 0.386. The van der Waals surface area contributed by atoms with Crippen LogP contribution in [0, 0.1) is 0 Å². The van der Waals surface area contributed by atoms with Gasteiger partial charge in [0.2, 0.25) is 0 Å². The molecule has 21 heavy (non-hydrogen) atoms. The number of aromatic nitrogens is 1. The number of rotatable bonds is 5. The van der Waals surface area contributed by atoms with Crippen molar-refractivity contribution in [2.75, 3.05) is 25.0 Å². The Morgan fingerprint density at radius 2 is 2.29 bits per heavy atom. The van der Waals surface area contributed by atoms with Gasteiger partial charge in [-0.1, -0.05) is 6.92 Å². The summed E-state index contributed by atoms with van der Waals surface area (Å²) in [4.78, 5) is 8.26. The first kappa shape index (κ1) is 14.5. The lowest BCUT2D eigenvalue weighted by Gasteiger charge is -2.11. The summed E-state index contributed by atoms with van der Waals surface area (Å²) in [6.45, 7) is 6.59. The normalized spacial score (nSPS) is 15.3. The largest absolute Gasteiger partial charge is 0.374 e. The summed E-state index contributed by atoms with van der Waals surface area (Å²) in [6.07, 6.45) is 4.33. The summed E-state index contributed by atoms with van der Waals surface area (Å²) in [5.74, 6) is 0. The van der Waals surface area contributed by atoms with E-state index in [1.807, 2.05) is 6.20 Å². The van der Waals surface area contributed by atoms with Crippen LogP contribution >= 0.6 is 11.3 Å². The summed E-state index contributed by atoms with van der Waals surface area (Å²) in [7, 11) is 2.16. The number of hydrogen-bond acceptors (Lipinski definition) is 4. The number of anilines is 1. The van der Waals surface area contributed by atoms with Crippen LogP contribution in [0.25, 0.3) is 10.6 Å². The van der Waals surface area contributed by atoms with E-state index in [2.05, 4.69) is 54.3 Å². The van der Waals surface area contributed by atoms with Crippen LogP contribution in [0.3, 0.4) is 0 Å². The molecule has 112 valence electrons. The number of thiazole rings is 1. The summed E-state index contributed by atoms with van der Waals surface area (Å²) >= 11 is 1.80. The van der Waals surface area contributed by atoms with Gasteiger partial charge in [0.25, 0.3) is 0 Å². The van der Waals surface area contributed by atoms with Gasteiger partial charge in [-0.15, -0.1) is 11.3 Å². The van der Waals surface area contributed by atoms with Crippen LogP contribution in [0.15, 0.2) is 24.4 Å². The van der Waals surface area contributed by atoms with Crippen LogP contribution in [0.1, 0.15) is 36.8 Å². The Morgan fingerprint density at radius 3 is 3.10 bits per heavy atom. The van der Waals surface area contributed by atoms with E-state index in [-0.39, 0.29) is 0 Å². The molecular formula is C17H23N3S. The van der Waals surface area contributed by atoms with Crippen LogP contribution in [-0.4, -0.2) is 25.1 Å². The van der Waals surface area contributed by atoms with Gasteiger partial charge in [-0.25, -0.2) is 4.98 Å². The van der Waals surface area contributed by atoms with Crippen molar-refractivity contribution in [2.24, 2.45) is 0 Å². The first-order valence-corrected chi connectivity index (χ1v) is 8.54. The number of fused-ring (bicyclic) bond motifs is 1. The molecule has 1 unspecified atom stereocenters. The van der Waals surface area contributed by atoms with Gasteiger partial charge in [0.1, 0.15) is 5.01 Å². The SMILES string of the molecule is CCCNC(C)c1cnc(-c2ccc3c(c2)CCN3C)s1. The molecule has 0 bridgehead atoms. The average molecular weight is 301 g/mol. The standard InChI is InChI=1S/C17H23N3S/c1-4-8-18-12(2)16-11-19-17(21-16)14-5-6-15-13(10-14)7-9-20(15)3/h5-6,10-12,18H,4,7-9H2,1-3H3. The average Bonchev–Trinajstić information content (AvgIpc) is 3.12. The Hall–Kier alpha value is -1.39. The Balaban J connectivity index is 1.80. The molecule has 1 atom stereocenters. The first-order valence-electron chi connectivity index (χ1n) is 7.72. The Kier molecular flexibility index (Phi) is 4.27. The van der Waals surface area contributed by atoms with Crippen molar-refractivity contribution in [2.45, 2.75) is 32.7 Å². The Labute approximate surface area is 131 Å². The van der Waals surface area contributed by atoms with E-state index in [0.29, 0.717) is 6.04 Å². The zero-order chi connectivity index (χ0) is 14.8. The molecule has 2 aromatic rings. The molecule has 0 fully saturated rings. The molecule has 3 nitrogen and oxygen atoms in total. The predicted octanol–water partition coefficient (Wildman–Crippen LogP) is 3.86. The molecule has 0 spiro atoms. The maximum absolute atomic E-state index is 4.63. The van der Waals surface area contributed by atoms with Crippen LogP contribution in [0.2, 0.25) is 0 Å². The van der Waals surface area contributed by atoms with E-state index in [1.54, 1.807) is 11.3 Å². The van der Waals surface area contributed by atoms with Crippen LogP contribution in [0.5, 0.6) is 0 Å². The van der Waals surface area contributed by atoms with Gasteiger partial charge < -0.3 is 10.2 Å². The fourth-order valence-corrected chi connectivity index (χ4v) is 3.72. The van der Waals surface area contributed by atoms with E-state index < -0.39 is 0 Å². The van der Waals surface area contributed by atoms with E-state index in [1.165, 1.54) is 21.7 Å². The molecule has 0 amide bonds. The zero-order valence-electron chi connectivity index (χ0n) is 13.0. The maximum atomic E-state index is 4.63. The van der Waals surface area contributed by atoms with Crippen molar-refractivity contribution in [3.63, 3.8) is 0 Å². The second-order valence-electron chi connectivity index (χ2n) is 5.76. The molecule has 1 aliphatic heterocycles. The summed E-state index contributed by atoms with van der Waals surface area (Å²) < 4.78 is 0. The van der Waals surface area contributed by atoms with Crippen molar-refractivity contribution in [3.05, 3.63) is 34.8 Å². The molecule has 1 aliphatic rings. The lowest BCUT2D eigenvalue weighted by Crippen LogP contribution is -2.18. The predicted molar refractivity (Wildman–Crippen MR) is 91.2 cm³/mol. The van der Waals surface area contributed by atoms with Gasteiger partial charge in [0, 0.05) is 42.0 Å². The molecule has 1 N–H and O–H groups in total. The highest BCUT2D eigenvalue weighted by molar-refractivity contribution is 7.15. The van der Waals surface area contributed by atoms with Crippen molar-refractivity contribution in [1.29, 1.82) is 0 Å². The molecule has 0 radical (unpaired) electrons. The third kappa shape index (κ3) is 2.97. The van der Waals surface area contributed by atoms with Gasteiger partial charge >= 0.3 is 0 Å². The third-order valence-corrected chi connectivity index (χ3v) is 5.33. The van der Waals surface area contributed by atoms with Crippen LogP contribution < -0.4 is 10.2 Å². The van der Waals surface area contributed by atoms with Gasteiger partial charge in [0.05, 0.1) is 0 Å². The fourth-order valence-electron chi connectivity index (χ4n) is 2.78. The van der Waals surface area contributed by atoms with Crippen molar-refractivity contribution < 1.29 is 0 Å². The molecule has 0 saturated heterocycles. The molecule has 3 rings (SSSR count). The monoisotopic (exact) mass is 301 g/mol. The van der Waals surface area contributed by atoms with Crippen LogP contribution in [0.4, 0.5) is 5.69 Å².